The molecule has 0 fully saturated rings. The van der Waals surface area contributed by atoms with E-state index in [1.54, 1.807) is 39.0 Å². The van der Waals surface area contributed by atoms with Crippen LogP contribution in [0.15, 0.2) is 66.4 Å². The summed E-state index contributed by atoms with van der Waals surface area (Å²) in [5.74, 6) is -4.05. The van der Waals surface area contributed by atoms with E-state index in [1.807, 2.05) is 0 Å². The van der Waals surface area contributed by atoms with Crippen molar-refractivity contribution < 1.29 is 47.0 Å². The Kier molecular flexibility index (Phi) is 16.4. The predicted octanol–water partition coefficient (Wildman–Crippen LogP) is 9.87. The van der Waals surface area contributed by atoms with Crippen LogP contribution in [0, 0.1) is 18.6 Å². The molecular formula is C38H32Br4ClF2N3O8. The third-order valence-corrected chi connectivity index (χ3v) is 10.2. The number of carbonyl (C=O) groups excluding carboxylic acids is 5. The zero-order valence-corrected chi connectivity index (χ0v) is 36.9. The van der Waals surface area contributed by atoms with Gasteiger partial charge in [0.1, 0.15) is 31.3 Å². The number of anilines is 2. The zero-order valence-electron chi connectivity index (χ0n) is 29.8. The molecule has 0 radical (unpaired) electrons. The van der Waals surface area contributed by atoms with Gasteiger partial charge in [0.05, 0.1) is 35.7 Å². The Morgan fingerprint density at radius 2 is 1.16 bits per heavy atom. The normalized spacial score (nSPS) is 10.8. The summed E-state index contributed by atoms with van der Waals surface area (Å²) in [6.07, 6.45) is 0.0336. The highest BCUT2D eigenvalue weighted by Crippen LogP contribution is 2.37. The van der Waals surface area contributed by atoms with Gasteiger partial charge in [-0.1, -0.05) is 25.4 Å². The van der Waals surface area contributed by atoms with Gasteiger partial charge in [0.25, 0.3) is 5.91 Å². The minimum atomic E-state index is -1.01. The molecule has 0 spiro atoms. The Balaban J connectivity index is 1.30. The molecule has 11 nitrogen and oxygen atoms in total. The highest BCUT2D eigenvalue weighted by atomic mass is 79.9. The van der Waals surface area contributed by atoms with Gasteiger partial charge < -0.3 is 30.2 Å². The molecule has 0 bridgehead atoms. The van der Waals surface area contributed by atoms with Gasteiger partial charge >= 0.3 is 11.9 Å². The van der Waals surface area contributed by atoms with Crippen LogP contribution in [0.1, 0.15) is 59.3 Å². The van der Waals surface area contributed by atoms with Gasteiger partial charge in [0.15, 0.2) is 11.6 Å². The van der Waals surface area contributed by atoms with E-state index in [-0.39, 0.29) is 83.1 Å². The van der Waals surface area contributed by atoms with Crippen molar-refractivity contribution in [2.24, 2.45) is 0 Å². The van der Waals surface area contributed by atoms with Crippen LogP contribution in [0.25, 0.3) is 0 Å². The van der Waals surface area contributed by atoms with Gasteiger partial charge in [-0.2, -0.15) is 0 Å². The van der Waals surface area contributed by atoms with Gasteiger partial charge in [-0.3, -0.25) is 19.2 Å². The first-order chi connectivity index (χ1) is 26.5. The topological polar surface area (TPSA) is 149 Å². The molecule has 0 unspecified atom stereocenters. The fraction of sp³-hybridized carbons (Fsp3) is 0.237. The Hall–Kier alpha value is -3.90. The quantitative estimate of drug-likeness (QED) is 0.0788. The SMILES string of the molecule is CCC(=O)Nc1cc(C)cc(COc2c(Br)cc(CC(=O)OC(=O)CNC(=O)c3cc(Br)c(OCc4cc(Cl)cc(NC(=O)CC)c4F)c(Br)c3)cc2Br)c1F. The summed E-state index contributed by atoms with van der Waals surface area (Å²) in [6, 6.07) is 11.8. The molecule has 4 rings (SSSR count). The second kappa shape index (κ2) is 20.5. The lowest BCUT2D eigenvalue weighted by Gasteiger charge is -2.15. The van der Waals surface area contributed by atoms with Crippen molar-refractivity contribution in [3.8, 4) is 11.5 Å². The molecule has 3 N–H and O–H groups in total. The van der Waals surface area contributed by atoms with Gasteiger partial charge in [-0.05, 0) is 130 Å². The minimum Gasteiger partial charge on any atom is -0.486 e. The largest absolute Gasteiger partial charge is 0.486 e. The van der Waals surface area contributed by atoms with Gasteiger partial charge in [0.2, 0.25) is 11.8 Å². The van der Waals surface area contributed by atoms with E-state index >= 15 is 8.78 Å². The monoisotopic (exact) mass is 1050 g/mol. The van der Waals surface area contributed by atoms with E-state index in [4.69, 9.17) is 25.8 Å². The Morgan fingerprint density at radius 3 is 1.68 bits per heavy atom. The maximum atomic E-state index is 15.1. The Bertz CT molecular complexity index is 2160. The lowest BCUT2D eigenvalue weighted by molar-refractivity contribution is -0.158. The number of benzene rings is 4. The molecular weight excluding hydrogens is 1020 g/mol. The molecule has 0 saturated heterocycles. The molecule has 296 valence electrons. The van der Waals surface area contributed by atoms with Crippen LogP contribution in [-0.4, -0.2) is 36.2 Å². The van der Waals surface area contributed by atoms with E-state index in [0.717, 1.165) is 5.56 Å². The number of carbonyl (C=O) groups is 5. The van der Waals surface area contributed by atoms with Gasteiger partial charge in [-0.15, -0.1) is 0 Å². The number of ether oxygens (including phenoxy) is 3. The second-order valence-corrected chi connectivity index (χ2v) is 15.8. The van der Waals surface area contributed by atoms with Gasteiger partial charge in [-0.25, -0.2) is 13.6 Å². The van der Waals surface area contributed by atoms with Crippen LogP contribution in [0.2, 0.25) is 5.02 Å². The van der Waals surface area contributed by atoms with Crippen molar-refractivity contribution in [2.75, 3.05) is 17.2 Å². The predicted molar refractivity (Wildman–Crippen MR) is 220 cm³/mol. The minimum absolute atomic E-state index is 0.0552. The van der Waals surface area contributed by atoms with Crippen LogP contribution in [0.3, 0.4) is 0 Å². The summed E-state index contributed by atoms with van der Waals surface area (Å²) >= 11 is 19.6. The number of esters is 2. The van der Waals surface area contributed by atoms with Crippen molar-refractivity contribution in [2.45, 2.75) is 53.2 Å². The standard InChI is InChI=1S/C38H32Br4ClF2N3O8/c1-4-30(49)47-28-7-18(3)6-21(34(28)44)16-54-36-24(39)8-19(9-25(36)40)10-32(51)56-33(52)15-46-38(53)20-12-26(41)37(27(42)13-20)55-17-22-11-23(43)14-29(35(22)45)48-31(50)5-2/h6-9,11-14H,4-5,10,15-17H2,1-3H3,(H,46,53)(H,47,49)(H,48,50). The fourth-order valence-electron chi connectivity index (χ4n) is 4.96. The number of halogens is 7. The van der Waals surface area contributed by atoms with Crippen LogP contribution < -0.4 is 25.4 Å². The van der Waals surface area contributed by atoms with Crippen molar-refractivity contribution in [1.29, 1.82) is 0 Å². The molecule has 56 heavy (non-hydrogen) atoms. The number of nitrogens with one attached hydrogen (secondary N) is 3. The second-order valence-electron chi connectivity index (χ2n) is 12.0. The van der Waals surface area contributed by atoms with E-state index in [2.05, 4.69) is 79.7 Å². The molecule has 0 atom stereocenters. The third kappa shape index (κ3) is 12.3. The molecule has 0 aliphatic heterocycles. The summed E-state index contributed by atoms with van der Waals surface area (Å²) in [5.41, 5.74) is 1.55. The number of amides is 3. The lowest BCUT2D eigenvalue weighted by Crippen LogP contribution is -2.32. The number of aryl methyl sites for hydroxylation is 1. The van der Waals surface area contributed by atoms with Crippen molar-refractivity contribution >= 4 is 116 Å². The average molecular weight is 1050 g/mol. The molecule has 3 amide bonds. The number of hydrogen-bond donors (Lipinski definition) is 3. The smallest absolute Gasteiger partial charge is 0.333 e. The summed E-state index contributed by atoms with van der Waals surface area (Å²) in [7, 11) is 0. The van der Waals surface area contributed by atoms with Crippen LogP contribution >= 0.6 is 75.3 Å². The molecule has 4 aromatic carbocycles. The van der Waals surface area contributed by atoms with E-state index in [9.17, 15) is 24.0 Å². The first kappa shape index (κ1) is 44.8. The van der Waals surface area contributed by atoms with Crippen LogP contribution in [0.5, 0.6) is 11.5 Å². The Morgan fingerprint density at radius 1 is 0.679 bits per heavy atom. The first-order valence-corrected chi connectivity index (χ1v) is 20.1. The summed E-state index contributed by atoms with van der Waals surface area (Å²) in [5, 5.41) is 7.57. The fourth-order valence-corrected chi connectivity index (χ4v) is 8.13. The number of hydrogen-bond acceptors (Lipinski definition) is 8. The highest BCUT2D eigenvalue weighted by molar-refractivity contribution is 9.11. The Labute approximate surface area is 359 Å². The maximum Gasteiger partial charge on any atom is 0.333 e. The van der Waals surface area contributed by atoms with Crippen molar-refractivity contribution in [3.63, 3.8) is 0 Å². The van der Waals surface area contributed by atoms with Crippen molar-refractivity contribution in [1.82, 2.24) is 5.32 Å². The van der Waals surface area contributed by atoms with Crippen LogP contribution in [-0.2, 0) is 43.5 Å². The molecule has 0 saturated carbocycles. The molecule has 0 aromatic heterocycles. The first-order valence-electron chi connectivity index (χ1n) is 16.6. The third-order valence-electron chi connectivity index (χ3n) is 7.63. The average Bonchev–Trinajstić information content (AvgIpc) is 3.12. The van der Waals surface area contributed by atoms with Gasteiger partial charge in [0, 0.05) is 34.6 Å². The maximum absolute atomic E-state index is 15.1. The summed E-state index contributed by atoms with van der Waals surface area (Å²) in [4.78, 5) is 61.5. The molecule has 0 aliphatic carbocycles. The zero-order chi connectivity index (χ0) is 41.3. The summed E-state index contributed by atoms with van der Waals surface area (Å²) in [6.45, 7) is 4.00. The molecule has 0 heterocycles. The number of rotatable bonds is 15. The summed E-state index contributed by atoms with van der Waals surface area (Å²) < 4.78 is 48.2. The highest BCUT2D eigenvalue weighted by Gasteiger charge is 2.20. The van der Waals surface area contributed by atoms with E-state index in [1.165, 1.54) is 30.3 Å². The van der Waals surface area contributed by atoms with E-state index < -0.39 is 36.0 Å². The van der Waals surface area contributed by atoms with E-state index in [0.29, 0.717) is 29.2 Å². The van der Waals surface area contributed by atoms with Crippen LogP contribution in [0.4, 0.5) is 20.2 Å². The molecule has 0 aliphatic rings. The molecule has 4 aromatic rings. The molecule has 18 heteroatoms. The lowest BCUT2D eigenvalue weighted by atomic mass is 10.1. The van der Waals surface area contributed by atoms with Crippen molar-refractivity contribution in [3.05, 3.63) is 111 Å².